The SMILES string of the molecule is CC(Oc1ccc(C#Cc2ccc(C=O)cc2)nn1)c1ccccc1. The van der Waals surface area contributed by atoms with Gasteiger partial charge >= 0.3 is 0 Å². The number of nitrogens with zero attached hydrogens (tertiary/aromatic N) is 2. The standard InChI is InChI=1S/C21H16N2O2/c1-16(19-5-3-2-4-6-19)25-21-14-13-20(22-23-21)12-11-17-7-9-18(15-24)10-8-17/h2-10,13-16H,1H3. The average molecular weight is 328 g/mol. The highest BCUT2D eigenvalue weighted by atomic mass is 16.5. The first-order valence-electron chi connectivity index (χ1n) is 7.87. The Kier molecular flexibility index (Phi) is 5.18. The number of carbonyl (C=O) groups excluding carboxylic acids is 1. The molecule has 0 bridgehead atoms. The normalized spacial score (nSPS) is 11.1. The molecule has 2 aromatic carbocycles. The summed E-state index contributed by atoms with van der Waals surface area (Å²) in [5.41, 5.74) is 3.07. The second kappa shape index (κ2) is 7.89. The van der Waals surface area contributed by atoms with Crippen molar-refractivity contribution in [3.8, 4) is 17.7 Å². The van der Waals surface area contributed by atoms with Gasteiger partial charge in [-0.1, -0.05) is 48.4 Å². The van der Waals surface area contributed by atoms with E-state index in [-0.39, 0.29) is 6.10 Å². The van der Waals surface area contributed by atoms with Crippen molar-refractivity contribution in [1.82, 2.24) is 10.2 Å². The summed E-state index contributed by atoms with van der Waals surface area (Å²) in [6.45, 7) is 1.97. The van der Waals surface area contributed by atoms with Crippen molar-refractivity contribution in [3.63, 3.8) is 0 Å². The van der Waals surface area contributed by atoms with E-state index in [4.69, 9.17) is 4.74 Å². The summed E-state index contributed by atoms with van der Waals surface area (Å²) >= 11 is 0. The van der Waals surface area contributed by atoms with Crippen LogP contribution >= 0.6 is 0 Å². The van der Waals surface area contributed by atoms with E-state index in [1.165, 1.54) is 0 Å². The van der Waals surface area contributed by atoms with Gasteiger partial charge in [0, 0.05) is 17.2 Å². The lowest BCUT2D eigenvalue weighted by atomic mass is 10.1. The molecular formula is C21H16N2O2. The van der Waals surface area contributed by atoms with E-state index in [0.29, 0.717) is 17.1 Å². The third kappa shape index (κ3) is 4.52. The van der Waals surface area contributed by atoms with Crippen molar-refractivity contribution in [1.29, 1.82) is 0 Å². The summed E-state index contributed by atoms with van der Waals surface area (Å²) in [5, 5.41) is 8.13. The Morgan fingerprint density at radius 1 is 0.920 bits per heavy atom. The van der Waals surface area contributed by atoms with Gasteiger partial charge in [-0.05, 0) is 36.6 Å². The summed E-state index contributed by atoms with van der Waals surface area (Å²) < 4.78 is 5.79. The number of hydrogen-bond donors (Lipinski definition) is 0. The summed E-state index contributed by atoms with van der Waals surface area (Å²) in [5.74, 6) is 6.39. The third-order valence-corrected chi connectivity index (χ3v) is 3.59. The molecule has 1 atom stereocenters. The number of aromatic nitrogens is 2. The Labute approximate surface area is 146 Å². The van der Waals surface area contributed by atoms with Crippen LogP contribution in [0.5, 0.6) is 5.88 Å². The zero-order chi connectivity index (χ0) is 17.5. The van der Waals surface area contributed by atoms with Gasteiger partial charge < -0.3 is 4.74 Å². The molecule has 0 aliphatic rings. The van der Waals surface area contributed by atoms with Crippen LogP contribution in [0.3, 0.4) is 0 Å². The molecule has 0 N–H and O–H groups in total. The summed E-state index contributed by atoms with van der Waals surface area (Å²) in [6.07, 6.45) is 0.696. The molecule has 4 heteroatoms. The number of benzene rings is 2. The summed E-state index contributed by atoms with van der Waals surface area (Å²) in [7, 11) is 0. The fourth-order valence-corrected chi connectivity index (χ4v) is 2.20. The Hall–Kier alpha value is -3.45. The third-order valence-electron chi connectivity index (χ3n) is 3.59. The summed E-state index contributed by atoms with van der Waals surface area (Å²) in [4.78, 5) is 10.6. The largest absolute Gasteiger partial charge is 0.469 e. The molecule has 0 radical (unpaired) electrons. The lowest BCUT2D eigenvalue weighted by Gasteiger charge is -2.13. The van der Waals surface area contributed by atoms with E-state index in [2.05, 4.69) is 22.0 Å². The molecule has 3 aromatic rings. The number of ether oxygens (including phenoxy) is 1. The number of rotatable bonds is 4. The second-order valence-electron chi connectivity index (χ2n) is 5.42. The van der Waals surface area contributed by atoms with Gasteiger partial charge in [0.25, 0.3) is 0 Å². The molecule has 1 heterocycles. The molecular weight excluding hydrogens is 312 g/mol. The van der Waals surface area contributed by atoms with Crippen LogP contribution in [0.1, 0.15) is 40.2 Å². The first-order chi connectivity index (χ1) is 12.2. The number of carbonyl (C=O) groups is 1. The minimum Gasteiger partial charge on any atom is -0.469 e. The Bertz CT molecular complexity index is 893. The van der Waals surface area contributed by atoms with Crippen molar-refractivity contribution in [2.45, 2.75) is 13.0 Å². The van der Waals surface area contributed by atoms with E-state index in [9.17, 15) is 4.79 Å². The highest BCUT2D eigenvalue weighted by Crippen LogP contribution is 2.18. The zero-order valence-electron chi connectivity index (χ0n) is 13.7. The predicted octanol–water partition coefficient (Wildman–Crippen LogP) is 3.83. The van der Waals surface area contributed by atoms with Crippen molar-refractivity contribution < 1.29 is 9.53 Å². The minimum absolute atomic E-state index is 0.108. The van der Waals surface area contributed by atoms with Crippen LogP contribution in [-0.2, 0) is 0 Å². The molecule has 25 heavy (non-hydrogen) atoms. The van der Waals surface area contributed by atoms with E-state index < -0.39 is 0 Å². The molecule has 0 saturated carbocycles. The van der Waals surface area contributed by atoms with Crippen molar-refractivity contribution in [2.75, 3.05) is 0 Å². The van der Waals surface area contributed by atoms with Crippen LogP contribution in [0.25, 0.3) is 0 Å². The topological polar surface area (TPSA) is 52.1 Å². The van der Waals surface area contributed by atoms with Crippen LogP contribution in [0, 0.1) is 11.8 Å². The van der Waals surface area contributed by atoms with E-state index >= 15 is 0 Å². The van der Waals surface area contributed by atoms with Crippen LogP contribution in [0.15, 0.2) is 66.7 Å². The van der Waals surface area contributed by atoms with Crippen molar-refractivity contribution in [3.05, 3.63) is 89.1 Å². The van der Waals surface area contributed by atoms with Crippen LogP contribution in [-0.4, -0.2) is 16.5 Å². The lowest BCUT2D eigenvalue weighted by Crippen LogP contribution is -2.04. The van der Waals surface area contributed by atoms with Gasteiger partial charge in [-0.3, -0.25) is 4.79 Å². The van der Waals surface area contributed by atoms with Gasteiger partial charge in [0.1, 0.15) is 18.1 Å². The quantitative estimate of drug-likeness (QED) is 0.539. The molecule has 0 amide bonds. The molecule has 0 aliphatic heterocycles. The number of aldehydes is 1. The van der Waals surface area contributed by atoms with E-state index in [1.807, 2.05) is 37.3 Å². The molecule has 1 aromatic heterocycles. The molecule has 3 rings (SSSR count). The monoisotopic (exact) mass is 328 g/mol. The number of hydrogen-bond acceptors (Lipinski definition) is 4. The van der Waals surface area contributed by atoms with Crippen molar-refractivity contribution in [2.24, 2.45) is 0 Å². The predicted molar refractivity (Wildman–Crippen MR) is 95.3 cm³/mol. The second-order valence-corrected chi connectivity index (χ2v) is 5.42. The molecule has 4 nitrogen and oxygen atoms in total. The highest BCUT2D eigenvalue weighted by Gasteiger charge is 2.07. The minimum atomic E-state index is -0.108. The maximum absolute atomic E-state index is 10.6. The molecule has 0 saturated heterocycles. The fourth-order valence-electron chi connectivity index (χ4n) is 2.20. The summed E-state index contributed by atoms with van der Waals surface area (Å²) in [6, 6.07) is 20.5. The van der Waals surface area contributed by atoms with Crippen LogP contribution in [0.4, 0.5) is 0 Å². The van der Waals surface area contributed by atoms with Crippen LogP contribution in [0.2, 0.25) is 0 Å². The molecule has 0 aliphatic carbocycles. The van der Waals surface area contributed by atoms with Gasteiger partial charge in [0.2, 0.25) is 5.88 Å². The Balaban J connectivity index is 1.66. The smallest absolute Gasteiger partial charge is 0.234 e. The first-order valence-corrected chi connectivity index (χ1v) is 7.87. The Morgan fingerprint density at radius 2 is 1.68 bits per heavy atom. The van der Waals surface area contributed by atoms with Gasteiger partial charge in [0.05, 0.1) is 0 Å². The van der Waals surface area contributed by atoms with E-state index in [0.717, 1.165) is 17.4 Å². The van der Waals surface area contributed by atoms with E-state index in [1.54, 1.807) is 36.4 Å². The van der Waals surface area contributed by atoms with Gasteiger partial charge in [0.15, 0.2) is 0 Å². The average Bonchev–Trinajstić information content (AvgIpc) is 2.68. The lowest BCUT2D eigenvalue weighted by molar-refractivity contribution is 0.112. The molecule has 0 fully saturated rings. The highest BCUT2D eigenvalue weighted by molar-refractivity contribution is 5.74. The maximum atomic E-state index is 10.6. The zero-order valence-corrected chi connectivity index (χ0v) is 13.7. The van der Waals surface area contributed by atoms with Gasteiger partial charge in [-0.2, -0.15) is 0 Å². The molecule has 1 unspecified atom stereocenters. The first kappa shape index (κ1) is 16.4. The maximum Gasteiger partial charge on any atom is 0.234 e. The van der Waals surface area contributed by atoms with Gasteiger partial charge in [-0.25, -0.2) is 0 Å². The Morgan fingerprint density at radius 3 is 2.32 bits per heavy atom. The van der Waals surface area contributed by atoms with Crippen molar-refractivity contribution >= 4 is 6.29 Å². The fraction of sp³-hybridized carbons (Fsp3) is 0.0952. The molecule has 122 valence electrons. The molecule has 0 spiro atoms. The van der Waals surface area contributed by atoms with Gasteiger partial charge in [-0.15, -0.1) is 10.2 Å². The van der Waals surface area contributed by atoms with Crippen LogP contribution < -0.4 is 4.74 Å².